The van der Waals surface area contributed by atoms with Gasteiger partial charge in [0.1, 0.15) is 11.6 Å². The van der Waals surface area contributed by atoms with Gasteiger partial charge in [0.2, 0.25) is 0 Å². The van der Waals surface area contributed by atoms with E-state index in [1.807, 2.05) is 0 Å². The molecule has 5 heteroatoms. The molecule has 1 aromatic rings. The van der Waals surface area contributed by atoms with Gasteiger partial charge in [-0.15, -0.1) is 10.2 Å². The molecule has 5 nitrogen and oxygen atoms in total. The van der Waals surface area contributed by atoms with E-state index >= 15 is 0 Å². The largest absolute Gasteiger partial charge is 0.378 e. The molecule has 0 radical (unpaired) electrons. The summed E-state index contributed by atoms with van der Waals surface area (Å²) in [4.78, 5) is 0. The highest BCUT2D eigenvalue weighted by Crippen LogP contribution is 2.17. The molecule has 96 valence electrons. The van der Waals surface area contributed by atoms with E-state index in [4.69, 9.17) is 10.5 Å². The van der Waals surface area contributed by atoms with Gasteiger partial charge in [-0.3, -0.25) is 0 Å². The lowest BCUT2D eigenvalue weighted by Crippen LogP contribution is -2.13. The molecule has 1 fully saturated rings. The first-order chi connectivity index (χ1) is 8.35. The topological polar surface area (TPSA) is 66.0 Å². The van der Waals surface area contributed by atoms with Crippen LogP contribution >= 0.6 is 0 Å². The third kappa shape index (κ3) is 3.04. The lowest BCUT2D eigenvalue weighted by atomic mass is 10.1. The fourth-order valence-electron chi connectivity index (χ4n) is 2.35. The van der Waals surface area contributed by atoms with E-state index in [0.29, 0.717) is 12.6 Å². The normalized spacial score (nSPS) is 20.0. The van der Waals surface area contributed by atoms with Gasteiger partial charge in [0.05, 0.1) is 12.6 Å². The Hall–Kier alpha value is -0.940. The molecule has 0 aliphatic carbocycles. The third-order valence-electron chi connectivity index (χ3n) is 3.25. The molecule has 0 spiro atoms. The lowest BCUT2D eigenvalue weighted by Gasteiger charge is -2.10. The Kier molecular flexibility index (Phi) is 4.50. The minimum absolute atomic E-state index is 0.420. The molecule has 17 heavy (non-hydrogen) atoms. The zero-order valence-electron chi connectivity index (χ0n) is 10.6. The average molecular weight is 238 g/mol. The summed E-state index contributed by atoms with van der Waals surface area (Å²) in [6.45, 7) is 4.50. The quantitative estimate of drug-likeness (QED) is 0.810. The summed E-state index contributed by atoms with van der Waals surface area (Å²) in [6, 6.07) is 0. The van der Waals surface area contributed by atoms with E-state index < -0.39 is 0 Å². The summed E-state index contributed by atoms with van der Waals surface area (Å²) in [5.74, 6) is 1.96. The monoisotopic (exact) mass is 238 g/mol. The summed E-state index contributed by atoms with van der Waals surface area (Å²) in [5.41, 5.74) is 5.66. The Labute approximate surface area is 102 Å². The first kappa shape index (κ1) is 12.5. The number of aryl methyl sites for hydroxylation is 1. The zero-order chi connectivity index (χ0) is 12.1. The standard InChI is InChI=1S/C12H22N4O/c1-2-7-16-11(14-15-12(16)9-13)6-5-10-4-3-8-17-10/h10H,2-9,13H2,1H3. The number of rotatable bonds is 6. The highest BCUT2D eigenvalue weighted by atomic mass is 16.5. The number of nitrogens with two attached hydrogens (primary N) is 1. The minimum Gasteiger partial charge on any atom is -0.378 e. The van der Waals surface area contributed by atoms with Crippen LogP contribution in [0.15, 0.2) is 0 Å². The fraction of sp³-hybridized carbons (Fsp3) is 0.833. The van der Waals surface area contributed by atoms with Crippen molar-refractivity contribution in [3.63, 3.8) is 0 Å². The van der Waals surface area contributed by atoms with Gasteiger partial charge in [0.15, 0.2) is 0 Å². The van der Waals surface area contributed by atoms with Gasteiger partial charge in [0, 0.05) is 19.6 Å². The van der Waals surface area contributed by atoms with Crippen LogP contribution in [0.5, 0.6) is 0 Å². The van der Waals surface area contributed by atoms with Crippen LogP contribution < -0.4 is 5.73 Å². The lowest BCUT2D eigenvalue weighted by molar-refractivity contribution is 0.104. The minimum atomic E-state index is 0.420. The van der Waals surface area contributed by atoms with Crippen LogP contribution in [-0.4, -0.2) is 27.5 Å². The predicted octanol–water partition coefficient (Wildman–Crippen LogP) is 1.26. The van der Waals surface area contributed by atoms with Gasteiger partial charge in [0.25, 0.3) is 0 Å². The smallest absolute Gasteiger partial charge is 0.146 e. The highest BCUT2D eigenvalue weighted by molar-refractivity contribution is 4.96. The molecule has 0 amide bonds. The van der Waals surface area contributed by atoms with Crippen molar-refractivity contribution in [3.8, 4) is 0 Å². The number of aromatic nitrogens is 3. The molecule has 2 rings (SSSR count). The Morgan fingerprint density at radius 2 is 2.24 bits per heavy atom. The number of nitrogens with zero attached hydrogens (tertiary/aromatic N) is 3. The Balaban J connectivity index is 1.96. The molecule has 1 aliphatic rings. The van der Waals surface area contributed by atoms with Crippen molar-refractivity contribution in [2.75, 3.05) is 6.61 Å². The second-order valence-electron chi connectivity index (χ2n) is 4.56. The molecule has 1 aromatic heterocycles. The van der Waals surface area contributed by atoms with E-state index in [0.717, 1.165) is 44.1 Å². The summed E-state index contributed by atoms with van der Waals surface area (Å²) in [5, 5.41) is 8.39. The second-order valence-corrected chi connectivity index (χ2v) is 4.56. The molecule has 1 unspecified atom stereocenters. The van der Waals surface area contributed by atoms with E-state index in [9.17, 15) is 0 Å². The maximum Gasteiger partial charge on any atom is 0.146 e. The molecule has 1 atom stereocenters. The van der Waals surface area contributed by atoms with Gasteiger partial charge in [-0.1, -0.05) is 6.92 Å². The first-order valence-electron chi connectivity index (χ1n) is 6.57. The van der Waals surface area contributed by atoms with Crippen molar-refractivity contribution in [1.82, 2.24) is 14.8 Å². The van der Waals surface area contributed by atoms with E-state index in [1.54, 1.807) is 0 Å². The molecule has 2 heterocycles. The van der Waals surface area contributed by atoms with E-state index in [1.165, 1.54) is 12.8 Å². The van der Waals surface area contributed by atoms with Crippen LogP contribution in [0.4, 0.5) is 0 Å². The molecule has 0 bridgehead atoms. The average Bonchev–Trinajstić information content (AvgIpc) is 2.96. The third-order valence-corrected chi connectivity index (χ3v) is 3.25. The van der Waals surface area contributed by atoms with Gasteiger partial charge < -0.3 is 15.0 Å². The van der Waals surface area contributed by atoms with Crippen molar-refractivity contribution in [2.45, 2.75) is 58.2 Å². The summed E-state index contributed by atoms with van der Waals surface area (Å²) in [6.07, 6.45) is 5.87. The first-order valence-corrected chi connectivity index (χ1v) is 6.57. The molecule has 1 saturated heterocycles. The Morgan fingerprint density at radius 3 is 2.88 bits per heavy atom. The number of hydrogen-bond donors (Lipinski definition) is 1. The van der Waals surface area contributed by atoms with Gasteiger partial charge in [-0.05, 0) is 25.7 Å². The molecule has 1 aliphatic heterocycles. The number of hydrogen-bond acceptors (Lipinski definition) is 4. The van der Waals surface area contributed by atoms with Crippen LogP contribution in [-0.2, 0) is 24.2 Å². The van der Waals surface area contributed by atoms with Crippen molar-refractivity contribution < 1.29 is 4.74 Å². The number of ether oxygens (including phenoxy) is 1. The highest BCUT2D eigenvalue weighted by Gasteiger charge is 2.17. The second kappa shape index (κ2) is 6.12. The maximum atomic E-state index is 5.66. The van der Waals surface area contributed by atoms with Gasteiger partial charge >= 0.3 is 0 Å². The van der Waals surface area contributed by atoms with Crippen molar-refractivity contribution >= 4 is 0 Å². The van der Waals surface area contributed by atoms with Crippen LogP contribution in [0.25, 0.3) is 0 Å². The molecule has 0 saturated carbocycles. The van der Waals surface area contributed by atoms with Crippen LogP contribution in [0, 0.1) is 0 Å². The van der Waals surface area contributed by atoms with E-state index in [2.05, 4.69) is 21.7 Å². The van der Waals surface area contributed by atoms with Crippen molar-refractivity contribution in [2.24, 2.45) is 5.73 Å². The summed E-state index contributed by atoms with van der Waals surface area (Å²) >= 11 is 0. The molecule has 2 N–H and O–H groups in total. The molecular weight excluding hydrogens is 216 g/mol. The fourth-order valence-corrected chi connectivity index (χ4v) is 2.35. The van der Waals surface area contributed by atoms with Crippen molar-refractivity contribution in [3.05, 3.63) is 11.6 Å². The van der Waals surface area contributed by atoms with Crippen LogP contribution in [0.3, 0.4) is 0 Å². The zero-order valence-corrected chi connectivity index (χ0v) is 10.6. The maximum absolute atomic E-state index is 5.66. The Bertz CT molecular complexity index is 344. The van der Waals surface area contributed by atoms with Gasteiger partial charge in [-0.2, -0.15) is 0 Å². The SMILES string of the molecule is CCCn1c(CN)nnc1CCC1CCCO1. The molecule has 0 aromatic carbocycles. The predicted molar refractivity (Wildman–Crippen MR) is 65.5 cm³/mol. The van der Waals surface area contributed by atoms with Crippen LogP contribution in [0.1, 0.15) is 44.3 Å². The molecular formula is C12H22N4O. The van der Waals surface area contributed by atoms with E-state index in [-0.39, 0.29) is 0 Å². The summed E-state index contributed by atoms with van der Waals surface area (Å²) < 4.78 is 7.79. The summed E-state index contributed by atoms with van der Waals surface area (Å²) in [7, 11) is 0. The van der Waals surface area contributed by atoms with Crippen molar-refractivity contribution in [1.29, 1.82) is 0 Å². The van der Waals surface area contributed by atoms with Crippen LogP contribution in [0.2, 0.25) is 0 Å². The van der Waals surface area contributed by atoms with Gasteiger partial charge in [-0.25, -0.2) is 0 Å². The Morgan fingerprint density at radius 1 is 1.41 bits per heavy atom.